The number of rotatable bonds is 7. The molecule has 2 fully saturated rings. The van der Waals surface area contributed by atoms with Gasteiger partial charge >= 0.3 is 0 Å². The Kier molecular flexibility index (Phi) is 7.75. The third-order valence-electron chi connectivity index (χ3n) is 7.81. The van der Waals surface area contributed by atoms with Gasteiger partial charge < -0.3 is 19.9 Å². The first-order valence-corrected chi connectivity index (χ1v) is 13.9. The molecule has 2 N–H and O–H groups in total. The number of hydrogen-bond donors (Lipinski definition) is 2. The van der Waals surface area contributed by atoms with Crippen molar-refractivity contribution in [2.24, 2.45) is 0 Å². The van der Waals surface area contributed by atoms with Crippen LogP contribution in [0.4, 0.5) is 20.4 Å². The third kappa shape index (κ3) is 5.85. The van der Waals surface area contributed by atoms with Crippen molar-refractivity contribution < 1.29 is 13.5 Å². The lowest BCUT2D eigenvalue weighted by molar-refractivity contribution is 0.0332. The van der Waals surface area contributed by atoms with E-state index in [1.54, 1.807) is 17.0 Å². The number of hydrogen-bond acceptors (Lipinski definition) is 7. The monoisotopic (exact) mass is 547 g/mol. The van der Waals surface area contributed by atoms with Crippen LogP contribution in [0.15, 0.2) is 54.9 Å². The zero-order chi connectivity index (χ0) is 27.6. The molecule has 0 saturated carbocycles. The standard InChI is InChI=1S/C30H35F2N7O/c1-20-17-38(21(2)15-33-20)18-22-3-5-24(6-4-22)35-30-34-16-23-7-8-39(29(23)36-30)25-13-27(31)26(28(32)14-25)19-37-9-11-40-12-10-37/h3-8,13-14,16,20-21,33H,9-12,15,17-19H2,1-2H3,(H,34,35,36)/t20-,21?/m1/s1. The fraction of sp³-hybridized carbons (Fsp3) is 0.400. The first kappa shape index (κ1) is 26.8. The molecule has 1 unspecified atom stereocenters. The predicted octanol–water partition coefficient (Wildman–Crippen LogP) is 4.46. The first-order valence-electron chi connectivity index (χ1n) is 13.9. The summed E-state index contributed by atoms with van der Waals surface area (Å²) in [5.41, 5.74) is 3.13. The van der Waals surface area contributed by atoms with E-state index in [0.29, 0.717) is 55.7 Å². The largest absolute Gasteiger partial charge is 0.379 e. The number of nitrogens with one attached hydrogen (secondary N) is 2. The Morgan fingerprint density at radius 2 is 1.77 bits per heavy atom. The van der Waals surface area contributed by atoms with Crippen molar-refractivity contribution in [3.05, 3.63) is 77.6 Å². The summed E-state index contributed by atoms with van der Waals surface area (Å²) < 4.78 is 37.2. The maximum absolute atomic E-state index is 15.1. The molecule has 2 aromatic carbocycles. The molecule has 10 heteroatoms. The van der Waals surface area contributed by atoms with Gasteiger partial charge in [0.2, 0.25) is 5.95 Å². The molecule has 0 radical (unpaired) electrons. The number of benzene rings is 2. The van der Waals surface area contributed by atoms with Crippen molar-refractivity contribution in [1.29, 1.82) is 0 Å². The third-order valence-corrected chi connectivity index (χ3v) is 7.81. The van der Waals surface area contributed by atoms with E-state index >= 15 is 8.78 Å². The lowest BCUT2D eigenvalue weighted by Gasteiger charge is -2.37. The lowest BCUT2D eigenvalue weighted by Crippen LogP contribution is -2.53. The van der Waals surface area contributed by atoms with Crippen molar-refractivity contribution >= 4 is 22.7 Å². The summed E-state index contributed by atoms with van der Waals surface area (Å²) in [4.78, 5) is 13.6. The van der Waals surface area contributed by atoms with Crippen LogP contribution in [0.5, 0.6) is 0 Å². The van der Waals surface area contributed by atoms with Crippen LogP contribution < -0.4 is 10.6 Å². The van der Waals surface area contributed by atoms with Gasteiger partial charge in [-0.05, 0) is 49.7 Å². The van der Waals surface area contributed by atoms with Gasteiger partial charge in [0.05, 0.1) is 18.9 Å². The second-order valence-corrected chi connectivity index (χ2v) is 10.8. The van der Waals surface area contributed by atoms with Gasteiger partial charge in [0.25, 0.3) is 0 Å². The van der Waals surface area contributed by atoms with E-state index in [1.165, 1.54) is 17.7 Å². The van der Waals surface area contributed by atoms with Crippen LogP contribution in [-0.2, 0) is 17.8 Å². The molecule has 4 heterocycles. The Morgan fingerprint density at radius 1 is 1.02 bits per heavy atom. The molecule has 0 bridgehead atoms. The van der Waals surface area contributed by atoms with E-state index in [-0.39, 0.29) is 12.1 Å². The highest BCUT2D eigenvalue weighted by molar-refractivity contribution is 5.78. The van der Waals surface area contributed by atoms with Crippen LogP contribution in [0.3, 0.4) is 0 Å². The Balaban J connectivity index is 1.18. The van der Waals surface area contributed by atoms with Crippen molar-refractivity contribution in [3.8, 4) is 5.69 Å². The normalized spacial score (nSPS) is 20.7. The van der Waals surface area contributed by atoms with E-state index in [0.717, 1.165) is 30.7 Å². The molecule has 2 atom stereocenters. The van der Waals surface area contributed by atoms with Gasteiger partial charge in [0.15, 0.2) is 0 Å². The van der Waals surface area contributed by atoms with E-state index < -0.39 is 11.6 Å². The smallest absolute Gasteiger partial charge is 0.229 e. The molecule has 0 amide bonds. The summed E-state index contributed by atoms with van der Waals surface area (Å²) in [7, 11) is 0. The van der Waals surface area contributed by atoms with Crippen molar-refractivity contribution in [3.63, 3.8) is 0 Å². The van der Waals surface area contributed by atoms with Gasteiger partial charge in [0.1, 0.15) is 17.3 Å². The highest BCUT2D eigenvalue weighted by Gasteiger charge is 2.22. The average Bonchev–Trinajstić information content (AvgIpc) is 3.38. The molecule has 2 aliphatic rings. The summed E-state index contributed by atoms with van der Waals surface area (Å²) in [6.07, 6.45) is 3.47. The number of morpholine rings is 1. The molecule has 2 saturated heterocycles. The number of anilines is 2. The number of fused-ring (bicyclic) bond motifs is 1. The molecule has 0 aliphatic carbocycles. The Labute approximate surface area is 233 Å². The Hall–Kier alpha value is -3.44. The molecule has 2 aliphatic heterocycles. The second-order valence-electron chi connectivity index (χ2n) is 10.8. The summed E-state index contributed by atoms with van der Waals surface area (Å²) in [5.74, 6) is -0.726. The lowest BCUT2D eigenvalue weighted by atomic mass is 10.1. The van der Waals surface area contributed by atoms with Crippen molar-refractivity contribution in [2.75, 3.05) is 44.7 Å². The van der Waals surface area contributed by atoms with Crippen LogP contribution >= 0.6 is 0 Å². The molecule has 6 rings (SSSR count). The van der Waals surface area contributed by atoms with Gasteiger partial charge in [-0.2, -0.15) is 4.98 Å². The zero-order valence-electron chi connectivity index (χ0n) is 22.9. The van der Waals surface area contributed by atoms with E-state index in [9.17, 15) is 0 Å². The first-order chi connectivity index (χ1) is 19.4. The number of ether oxygens (including phenoxy) is 1. The van der Waals surface area contributed by atoms with Crippen LogP contribution in [0.25, 0.3) is 16.7 Å². The molecule has 4 aromatic rings. The molecule has 40 heavy (non-hydrogen) atoms. The van der Waals surface area contributed by atoms with Crippen molar-refractivity contribution in [2.45, 2.75) is 39.0 Å². The fourth-order valence-electron chi connectivity index (χ4n) is 5.42. The van der Waals surface area contributed by atoms with Crippen LogP contribution in [0.2, 0.25) is 0 Å². The zero-order valence-corrected chi connectivity index (χ0v) is 22.9. The van der Waals surface area contributed by atoms with E-state index in [1.807, 2.05) is 23.1 Å². The highest BCUT2D eigenvalue weighted by Crippen LogP contribution is 2.25. The summed E-state index contributed by atoms with van der Waals surface area (Å²) >= 11 is 0. The maximum atomic E-state index is 15.1. The minimum atomic E-state index is -0.569. The van der Waals surface area contributed by atoms with Gasteiger partial charge in [-0.3, -0.25) is 9.80 Å². The second kappa shape index (κ2) is 11.6. The quantitative estimate of drug-likeness (QED) is 0.354. The maximum Gasteiger partial charge on any atom is 0.229 e. The SMILES string of the molecule is CC1CN[C@H](C)CN1Cc1ccc(Nc2ncc3ccn(-c4cc(F)c(CN5CCOCC5)c(F)c4)c3n2)cc1. The van der Waals surface area contributed by atoms with Crippen LogP contribution in [0, 0.1) is 11.6 Å². The average molecular weight is 548 g/mol. The summed E-state index contributed by atoms with van der Waals surface area (Å²) in [6.45, 7) is 10.1. The number of piperazine rings is 1. The number of halogens is 2. The van der Waals surface area contributed by atoms with Crippen LogP contribution in [-0.4, -0.2) is 75.8 Å². The molecular weight excluding hydrogens is 512 g/mol. The van der Waals surface area contributed by atoms with Gasteiger partial charge in [-0.1, -0.05) is 12.1 Å². The predicted molar refractivity (Wildman–Crippen MR) is 152 cm³/mol. The molecule has 2 aromatic heterocycles. The highest BCUT2D eigenvalue weighted by atomic mass is 19.1. The van der Waals surface area contributed by atoms with Gasteiger partial charge in [0, 0.05) is 80.4 Å². The number of aromatic nitrogens is 3. The van der Waals surface area contributed by atoms with Gasteiger partial charge in [-0.15, -0.1) is 0 Å². The van der Waals surface area contributed by atoms with Crippen molar-refractivity contribution in [1.82, 2.24) is 29.7 Å². The van der Waals surface area contributed by atoms with Crippen LogP contribution in [0.1, 0.15) is 25.0 Å². The van der Waals surface area contributed by atoms with E-state index in [4.69, 9.17) is 4.74 Å². The number of nitrogens with zero attached hydrogens (tertiary/aromatic N) is 5. The minimum Gasteiger partial charge on any atom is -0.379 e. The van der Waals surface area contributed by atoms with Gasteiger partial charge in [-0.25, -0.2) is 13.8 Å². The van der Waals surface area contributed by atoms with E-state index in [2.05, 4.69) is 51.5 Å². The topological polar surface area (TPSA) is 70.5 Å². The fourth-order valence-corrected chi connectivity index (χ4v) is 5.42. The molecule has 210 valence electrons. The Bertz CT molecular complexity index is 1450. The molecule has 0 spiro atoms. The summed E-state index contributed by atoms with van der Waals surface area (Å²) in [6, 6.07) is 13.8. The molecular formula is C30H35F2N7O. The summed E-state index contributed by atoms with van der Waals surface area (Å²) in [5, 5.41) is 7.56. The Morgan fingerprint density at radius 3 is 2.52 bits per heavy atom. The molecule has 8 nitrogen and oxygen atoms in total. The minimum absolute atomic E-state index is 0.0727.